The maximum Gasteiger partial charge on any atom is 0.488 e. The van der Waals surface area contributed by atoms with E-state index in [1.165, 1.54) is 60.2 Å². The number of ether oxygens (including phenoxy) is 2. The van der Waals surface area contributed by atoms with Crippen LogP contribution in [0, 0.1) is 31.9 Å². The molecule has 0 aliphatic rings. The van der Waals surface area contributed by atoms with Gasteiger partial charge in [-0.25, -0.2) is 8.78 Å². The number of benzene rings is 6. The summed E-state index contributed by atoms with van der Waals surface area (Å²) in [6, 6.07) is 36.3. The molecule has 0 fully saturated rings. The zero-order valence-electron chi connectivity index (χ0n) is 29.9. The Morgan fingerprint density at radius 3 is 1.60 bits per heavy atom. The van der Waals surface area contributed by atoms with E-state index in [2.05, 4.69) is 15.9 Å². The minimum atomic E-state index is -1.66. The molecule has 6 aromatic rings. The standard InChI is InChI=1S/C20H16FNO3S.C14H12BrFOS.C6H6BNO4.CH4/c1-25-20-10-5-14(13-26-18-8-6-16(21)7-9-18)11-19(20)15-3-2-4-17(12-15)22(23)24;1-17-14-7-2-10(8-13(14)15)9-18-12-5-3-11(16)4-6-12;9-7(10)5-2-1-3-6(4-5)8(11)12;/h2-12H,13H2,1H3;2-8H,9H2,1H3;1-4,9-10H;1H4. The fourth-order valence-corrected chi connectivity index (χ4v) is 7.12. The van der Waals surface area contributed by atoms with E-state index in [1.54, 1.807) is 68.1 Å². The molecule has 0 heterocycles. The van der Waals surface area contributed by atoms with Gasteiger partial charge in [-0.05, 0) is 111 Å². The fourth-order valence-electron chi connectivity index (χ4n) is 4.85. The van der Waals surface area contributed by atoms with Crippen molar-refractivity contribution in [2.45, 2.75) is 28.7 Å². The minimum Gasteiger partial charge on any atom is -0.496 e. The highest BCUT2D eigenvalue weighted by Crippen LogP contribution is 2.35. The van der Waals surface area contributed by atoms with E-state index in [-0.39, 0.29) is 35.9 Å². The molecule has 10 nitrogen and oxygen atoms in total. The smallest absolute Gasteiger partial charge is 0.488 e. The van der Waals surface area contributed by atoms with Gasteiger partial charge in [0.05, 0.1) is 28.5 Å². The number of methoxy groups -OCH3 is 2. The highest BCUT2D eigenvalue weighted by Gasteiger charge is 2.15. The summed E-state index contributed by atoms with van der Waals surface area (Å²) < 4.78 is 37.3. The average Bonchev–Trinajstić information content (AvgIpc) is 3.21. The van der Waals surface area contributed by atoms with Gasteiger partial charge in [0, 0.05) is 51.1 Å². The first-order valence-electron chi connectivity index (χ1n) is 16.5. The van der Waals surface area contributed by atoms with Gasteiger partial charge in [-0.15, -0.1) is 23.5 Å². The third kappa shape index (κ3) is 14.6. The second-order valence-corrected chi connectivity index (χ2v) is 14.5. The molecule has 296 valence electrons. The molecule has 16 heteroatoms. The molecule has 6 rings (SSSR count). The summed E-state index contributed by atoms with van der Waals surface area (Å²) in [6.07, 6.45) is 0. The van der Waals surface area contributed by atoms with Gasteiger partial charge in [-0.3, -0.25) is 20.2 Å². The average molecular weight is 880 g/mol. The SMILES string of the molecule is C.COc1ccc(CSc2ccc(F)cc2)cc1-c1cccc([N+](=O)[O-])c1.COc1ccc(CSc2ccc(F)cc2)cc1Br.O=[N+]([O-])c1cccc(B(O)O)c1. The molecule has 0 atom stereocenters. The lowest BCUT2D eigenvalue weighted by molar-refractivity contribution is -0.385. The summed E-state index contributed by atoms with van der Waals surface area (Å²) in [6.45, 7) is 0. The predicted molar refractivity (Wildman–Crippen MR) is 227 cm³/mol. The third-order valence-corrected chi connectivity index (χ3v) is 10.5. The van der Waals surface area contributed by atoms with Crippen molar-refractivity contribution in [3.05, 3.63) is 181 Å². The van der Waals surface area contributed by atoms with E-state index >= 15 is 0 Å². The predicted octanol–water partition coefficient (Wildman–Crippen LogP) is 10.5. The maximum atomic E-state index is 13.0. The van der Waals surface area contributed by atoms with Crippen molar-refractivity contribution in [1.82, 2.24) is 0 Å². The number of rotatable bonds is 12. The van der Waals surface area contributed by atoms with Crippen molar-refractivity contribution in [3.8, 4) is 22.6 Å². The molecule has 0 saturated heterocycles. The number of hydrogen-bond donors (Lipinski definition) is 2. The largest absolute Gasteiger partial charge is 0.496 e. The van der Waals surface area contributed by atoms with Crippen LogP contribution in [0.2, 0.25) is 0 Å². The van der Waals surface area contributed by atoms with Crippen molar-refractivity contribution in [2.24, 2.45) is 0 Å². The summed E-state index contributed by atoms with van der Waals surface area (Å²) in [4.78, 5) is 22.3. The molecule has 6 aromatic carbocycles. The lowest BCUT2D eigenvalue weighted by atomic mass is 9.80. The van der Waals surface area contributed by atoms with Crippen LogP contribution in [0.4, 0.5) is 20.2 Å². The van der Waals surface area contributed by atoms with Gasteiger partial charge < -0.3 is 19.5 Å². The Hall–Kier alpha value is -5.26. The number of halogens is 3. The maximum absolute atomic E-state index is 13.0. The number of non-ortho nitro benzene ring substituents is 2. The topological polar surface area (TPSA) is 145 Å². The van der Waals surface area contributed by atoms with Gasteiger partial charge in [0.2, 0.25) is 0 Å². The van der Waals surface area contributed by atoms with Crippen molar-refractivity contribution in [2.75, 3.05) is 14.2 Å². The molecule has 0 radical (unpaired) electrons. The molecule has 2 N–H and O–H groups in total. The van der Waals surface area contributed by atoms with Gasteiger partial charge >= 0.3 is 7.12 Å². The van der Waals surface area contributed by atoms with E-state index in [9.17, 15) is 29.0 Å². The molecule has 0 saturated carbocycles. The first-order valence-corrected chi connectivity index (χ1v) is 19.2. The first kappa shape index (κ1) is 46.1. The Morgan fingerprint density at radius 2 is 1.12 bits per heavy atom. The molecular formula is C41H38BBrF2N2O8S2. The molecule has 0 amide bonds. The molecule has 0 bridgehead atoms. The number of hydrogen-bond acceptors (Lipinski definition) is 10. The Labute approximate surface area is 346 Å². The number of nitro groups is 2. The van der Waals surface area contributed by atoms with Crippen LogP contribution in [0.15, 0.2) is 148 Å². The molecule has 0 aromatic heterocycles. The molecule has 0 unspecified atom stereocenters. The lowest BCUT2D eigenvalue weighted by Crippen LogP contribution is -2.29. The van der Waals surface area contributed by atoms with Crippen molar-refractivity contribution in [3.63, 3.8) is 0 Å². The molecule has 0 aliphatic carbocycles. The number of thioether (sulfide) groups is 2. The van der Waals surface area contributed by atoms with Crippen LogP contribution >= 0.6 is 39.5 Å². The summed E-state index contributed by atoms with van der Waals surface area (Å²) in [5, 5.41) is 38.6. The Morgan fingerprint density at radius 1 is 0.649 bits per heavy atom. The molecule has 0 aliphatic heterocycles. The fraction of sp³-hybridized carbons (Fsp3) is 0.122. The second-order valence-electron chi connectivity index (χ2n) is 11.5. The Kier molecular flexibility index (Phi) is 18.7. The van der Waals surface area contributed by atoms with Crippen LogP contribution in [0.3, 0.4) is 0 Å². The van der Waals surface area contributed by atoms with Gasteiger partial charge in [0.15, 0.2) is 0 Å². The van der Waals surface area contributed by atoms with Crippen LogP contribution in [-0.2, 0) is 11.5 Å². The highest BCUT2D eigenvalue weighted by molar-refractivity contribution is 9.10. The zero-order chi connectivity index (χ0) is 40.6. The Bertz CT molecular complexity index is 2240. The van der Waals surface area contributed by atoms with Crippen molar-refractivity contribution >= 4 is 63.4 Å². The summed E-state index contributed by atoms with van der Waals surface area (Å²) in [7, 11) is 1.56. The minimum absolute atomic E-state index is 0. The zero-order valence-corrected chi connectivity index (χ0v) is 33.1. The van der Waals surface area contributed by atoms with E-state index < -0.39 is 17.0 Å². The van der Waals surface area contributed by atoms with E-state index in [0.717, 1.165) is 48.5 Å². The van der Waals surface area contributed by atoms with Crippen LogP contribution in [-0.4, -0.2) is 41.2 Å². The van der Waals surface area contributed by atoms with E-state index in [4.69, 9.17) is 19.5 Å². The van der Waals surface area contributed by atoms with E-state index in [0.29, 0.717) is 11.5 Å². The number of nitro benzene ring substituents is 2. The normalized spacial score (nSPS) is 10.1. The summed E-state index contributed by atoms with van der Waals surface area (Å²) in [5.74, 6) is 2.55. The monoisotopic (exact) mass is 878 g/mol. The van der Waals surface area contributed by atoms with E-state index in [1.807, 2.05) is 42.5 Å². The second kappa shape index (κ2) is 23.1. The van der Waals surface area contributed by atoms with Gasteiger partial charge in [-0.2, -0.15) is 0 Å². The summed E-state index contributed by atoms with van der Waals surface area (Å²) >= 11 is 6.73. The van der Waals surface area contributed by atoms with Gasteiger partial charge in [-0.1, -0.05) is 43.8 Å². The third-order valence-electron chi connectivity index (χ3n) is 7.67. The molecular weight excluding hydrogens is 841 g/mol. The quantitative estimate of drug-likeness (QED) is 0.0527. The molecule has 57 heavy (non-hydrogen) atoms. The van der Waals surface area contributed by atoms with Crippen LogP contribution in [0.5, 0.6) is 11.5 Å². The van der Waals surface area contributed by atoms with Crippen LogP contribution < -0.4 is 14.9 Å². The lowest BCUT2D eigenvalue weighted by Gasteiger charge is -2.11. The van der Waals surface area contributed by atoms with Gasteiger partial charge in [0.25, 0.3) is 11.4 Å². The first-order chi connectivity index (χ1) is 26.9. The summed E-state index contributed by atoms with van der Waals surface area (Å²) in [5.41, 5.74) is 3.76. The highest BCUT2D eigenvalue weighted by atomic mass is 79.9. The van der Waals surface area contributed by atoms with Crippen LogP contribution in [0.1, 0.15) is 18.6 Å². The van der Waals surface area contributed by atoms with Crippen LogP contribution in [0.25, 0.3) is 11.1 Å². The molecule has 0 spiro atoms. The van der Waals surface area contributed by atoms with Gasteiger partial charge in [0.1, 0.15) is 23.1 Å². The number of nitrogens with zero attached hydrogens (tertiary/aromatic N) is 2. The van der Waals surface area contributed by atoms with Crippen molar-refractivity contribution in [1.29, 1.82) is 0 Å². The Balaban J connectivity index is 0.000000244. The van der Waals surface area contributed by atoms with Crippen molar-refractivity contribution < 1.29 is 38.1 Å².